The van der Waals surface area contributed by atoms with E-state index in [2.05, 4.69) is 27.4 Å². The van der Waals surface area contributed by atoms with Crippen molar-refractivity contribution in [2.75, 3.05) is 27.2 Å². The van der Waals surface area contributed by atoms with E-state index < -0.39 is 0 Å². The van der Waals surface area contributed by atoms with Crippen molar-refractivity contribution < 1.29 is 4.79 Å². The maximum atomic E-state index is 12.4. The molecule has 3 rings (SSSR count). The summed E-state index contributed by atoms with van der Waals surface area (Å²) in [6, 6.07) is 0.369. The largest absolute Gasteiger partial charge is 0.343 e. The van der Waals surface area contributed by atoms with Gasteiger partial charge in [0.1, 0.15) is 0 Å². The fraction of sp³-hybridized carbons (Fsp3) is 0.706. The van der Waals surface area contributed by atoms with Gasteiger partial charge in [0.15, 0.2) is 0 Å². The lowest BCUT2D eigenvalue weighted by atomic mass is 10.0. The predicted molar refractivity (Wildman–Crippen MR) is 88.7 cm³/mol. The molecule has 0 spiro atoms. The summed E-state index contributed by atoms with van der Waals surface area (Å²) < 4.78 is 1.99. The molecule has 2 heterocycles. The minimum absolute atomic E-state index is 0.312. The number of rotatable bonds is 5. The Morgan fingerprint density at radius 2 is 2.09 bits per heavy atom. The number of hydrogen-bond donors (Lipinski definition) is 0. The lowest BCUT2D eigenvalue weighted by Crippen LogP contribution is -2.39. The van der Waals surface area contributed by atoms with E-state index in [1.165, 1.54) is 0 Å². The van der Waals surface area contributed by atoms with Gasteiger partial charge in [0.2, 0.25) is 5.91 Å². The van der Waals surface area contributed by atoms with E-state index in [0.29, 0.717) is 24.3 Å². The van der Waals surface area contributed by atoms with Crippen LogP contribution in [0.2, 0.25) is 0 Å². The summed E-state index contributed by atoms with van der Waals surface area (Å²) in [7, 11) is 4.06. The van der Waals surface area contributed by atoms with E-state index >= 15 is 0 Å². The summed E-state index contributed by atoms with van der Waals surface area (Å²) in [4.78, 5) is 16.5. The zero-order chi connectivity index (χ0) is 16.2. The third kappa shape index (κ3) is 4.19. The molecule has 0 N–H and O–H groups in total. The Labute approximate surface area is 138 Å². The van der Waals surface area contributed by atoms with Gasteiger partial charge in [0, 0.05) is 26.1 Å². The summed E-state index contributed by atoms with van der Waals surface area (Å²) in [5, 5.41) is 8.51. The van der Waals surface area contributed by atoms with E-state index in [9.17, 15) is 4.79 Å². The molecule has 2 aliphatic rings. The Balaban J connectivity index is 1.48. The first-order chi connectivity index (χ1) is 11.1. The molecule has 0 aromatic carbocycles. The molecule has 0 saturated carbocycles. The third-order valence-corrected chi connectivity index (χ3v) is 4.78. The first-order valence-electron chi connectivity index (χ1n) is 8.61. The second-order valence-electron chi connectivity index (χ2n) is 7.01. The second kappa shape index (κ2) is 7.25. The van der Waals surface area contributed by atoms with Gasteiger partial charge in [0.25, 0.3) is 0 Å². The highest BCUT2D eigenvalue weighted by Crippen LogP contribution is 2.25. The van der Waals surface area contributed by atoms with Crippen molar-refractivity contribution in [2.24, 2.45) is 5.92 Å². The molecule has 0 bridgehead atoms. The van der Waals surface area contributed by atoms with Crippen molar-refractivity contribution in [1.82, 2.24) is 24.8 Å². The van der Waals surface area contributed by atoms with Gasteiger partial charge in [-0.25, -0.2) is 4.68 Å². The highest BCUT2D eigenvalue weighted by molar-refractivity contribution is 5.76. The molecule has 1 aliphatic carbocycles. The molecule has 1 aromatic heterocycles. The molecule has 6 heteroatoms. The molecular formula is C17H27N5O. The quantitative estimate of drug-likeness (QED) is 0.778. The fourth-order valence-electron chi connectivity index (χ4n) is 3.49. The van der Waals surface area contributed by atoms with Gasteiger partial charge in [-0.2, -0.15) is 0 Å². The molecule has 1 aromatic rings. The third-order valence-electron chi connectivity index (χ3n) is 4.78. The molecule has 1 amide bonds. The van der Waals surface area contributed by atoms with Crippen molar-refractivity contribution in [3.63, 3.8) is 0 Å². The van der Waals surface area contributed by atoms with Crippen LogP contribution >= 0.6 is 0 Å². The standard InChI is InChI=1S/C17H27N5O/c1-20(2)12-15-13-22(19-18-15)16-7-9-21(10-8-16)17(23)11-14-5-3-4-6-14/h3,5,13-14,16H,4,6-12H2,1-2H3/t14-/m0/s1. The Kier molecular flexibility index (Phi) is 5.10. The fourth-order valence-corrected chi connectivity index (χ4v) is 3.49. The summed E-state index contributed by atoms with van der Waals surface area (Å²) >= 11 is 0. The second-order valence-corrected chi connectivity index (χ2v) is 7.01. The van der Waals surface area contributed by atoms with Crippen LogP contribution in [0.3, 0.4) is 0 Å². The van der Waals surface area contributed by atoms with Crippen LogP contribution in [0.15, 0.2) is 18.3 Å². The van der Waals surface area contributed by atoms with Crippen molar-refractivity contribution in [3.8, 4) is 0 Å². The Morgan fingerprint density at radius 1 is 1.30 bits per heavy atom. The predicted octanol–water partition coefficient (Wildman–Crippen LogP) is 1.86. The van der Waals surface area contributed by atoms with Gasteiger partial charge >= 0.3 is 0 Å². The molecule has 126 valence electrons. The first kappa shape index (κ1) is 16.2. The zero-order valence-corrected chi connectivity index (χ0v) is 14.2. The molecule has 23 heavy (non-hydrogen) atoms. The number of allylic oxidation sites excluding steroid dienone is 2. The smallest absolute Gasteiger partial charge is 0.223 e. The highest BCUT2D eigenvalue weighted by Gasteiger charge is 2.26. The average Bonchev–Trinajstić information content (AvgIpc) is 3.19. The molecule has 1 saturated heterocycles. The number of amides is 1. The van der Waals surface area contributed by atoms with Crippen molar-refractivity contribution in [3.05, 3.63) is 24.0 Å². The van der Waals surface area contributed by atoms with Gasteiger partial charge in [0.05, 0.1) is 17.9 Å². The van der Waals surface area contributed by atoms with Crippen molar-refractivity contribution >= 4 is 5.91 Å². The van der Waals surface area contributed by atoms with Crippen LogP contribution in [0, 0.1) is 5.92 Å². The Bertz CT molecular complexity index is 557. The maximum absolute atomic E-state index is 12.4. The number of nitrogens with zero attached hydrogens (tertiary/aromatic N) is 5. The van der Waals surface area contributed by atoms with Crippen LogP contribution in [-0.2, 0) is 11.3 Å². The lowest BCUT2D eigenvalue weighted by molar-refractivity contribution is -0.133. The van der Waals surface area contributed by atoms with Crippen molar-refractivity contribution in [1.29, 1.82) is 0 Å². The van der Waals surface area contributed by atoms with Gasteiger partial charge in [-0.05, 0) is 45.7 Å². The topological polar surface area (TPSA) is 54.3 Å². The minimum Gasteiger partial charge on any atom is -0.343 e. The van der Waals surface area contributed by atoms with Crippen molar-refractivity contribution in [2.45, 2.75) is 44.7 Å². The molecule has 0 unspecified atom stereocenters. The molecule has 1 atom stereocenters. The van der Waals surface area contributed by atoms with Gasteiger partial charge in [-0.3, -0.25) is 4.79 Å². The zero-order valence-electron chi connectivity index (χ0n) is 14.2. The number of likely N-dealkylation sites (tertiary alicyclic amines) is 1. The number of carbonyl (C=O) groups is 1. The van der Waals surface area contributed by atoms with Crippen LogP contribution in [0.1, 0.15) is 43.8 Å². The molecule has 1 fully saturated rings. The van der Waals surface area contributed by atoms with E-state index in [1.807, 2.05) is 29.9 Å². The molecule has 6 nitrogen and oxygen atoms in total. The van der Waals surface area contributed by atoms with Crippen LogP contribution in [-0.4, -0.2) is 57.9 Å². The molecule has 1 aliphatic heterocycles. The first-order valence-corrected chi connectivity index (χ1v) is 8.61. The SMILES string of the molecule is CN(C)Cc1cn(C2CCN(C(=O)C[C@H]3C=CCC3)CC2)nn1. The maximum Gasteiger partial charge on any atom is 0.223 e. The number of hydrogen-bond acceptors (Lipinski definition) is 4. The minimum atomic E-state index is 0.312. The lowest BCUT2D eigenvalue weighted by Gasteiger charge is -2.32. The number of aromatic nitrogens is 3. The van der Waals surface area contributed by atoms with E-state index in [4.69, 9.17) is 0 Å². The summed E-state index contributed by atoms with van der Waals surface area (Å²) in [5.41, 5.74) is 1.00. The monoisotopic (exact) mass is 317 g/mol. The molecular weight excluding hydrogens is 290 g/mol. The summed E-state index contributed by atoms with van der Waals surface area (Å²) in [6.07, 6.45) is 11.3. The average molecular weight is 317 g/mol. The highest BCUT2D eigenvalue weighted by atomic mass is 16.2. The van der Waals surface area contributed by atoms with Gasteiger partial charge in [-0.15, -0.1) is 5.10 Å². The van der Waals surface area contributed by atoms with E-state index in [0.717, 1.165) is 51.0 Å². The van der Waals surface area contributed by atoms with Crippen LogP contribution < -0.4 is 0 Å². The van der Waals surface area contributed by atoms with Gasteiger partial charge < -0.3 is 9.80 Å². The van der Waals surface area contributed by atoms with E-state index in [1.54, 1.807) is 0 Å². The van der Waals surface area contributed by atoms with Crippen LogP contribution in [0.5, 0.6) is 0 Å². The van der Waals surface area contributed by atoms with Crippen LogP contribution in [0.25, 0.3) is 0 Å². The molecule has 0 radical (unpaired) electrons. The van der Waals surface area contributed by atoms with Gasteiger partial charge in [-0.1, -0.05) is 17.4 Å². The van der Waals surface area contributed by atoms with Crippen LogP contribution in [0.4, 0.5) is 0 Å². The Hall–Kier alpha value is -1.69. The van der Waals surface area contributed by atoms with E-state index in [-0.39, 0.29) is 0 Å². The summed E-state index contributed by atoms with van der Waals surface area (Å²) in [5.74, 6) is 0.774. The number of piperidine rings is 1. The number of carbonyl (C=O) groups excluding carboxylic acids is 1. The Morgan fingerprint density at radius 3 is 2.74 bits per heavy atom. The normalized spacial score (nSPS) is 22.2. The summed E-state index contributed by atoms with van der Waals surface area (Å²) in [6.45, 7) is 2.48.